The zero-order chi connectivity index (χ0) is 19.4. The lowest BCUT2D eigenvalue weighted by atomic mass is 10.1. The average molecular weight is 379 g/mol. The van der Waals surface area contributed by atoms with Crippen LogP contribution in [0, 0.1) is 18.3 Å². The summed E-state index contributed by atoms with van der Waals surface area (Å²) in [6.45, 7) is 1.99. The molecule has 0 radical (unpaired) electrons. The summed E-state index contributed by atoms with van der Waals surface area (Å²) in [6.07, 6.45) is 0.502. The molecule has 0 spiro atoms. The number of aromatic nitrogens is 1. The molecule has 0 aliphatic carbocycles. The van der Waals surface area contributed by atoms with Gasteiger partial charge in [0.1, 0.15) is 18.3 Å². The maximum atomic E-state index is 12.5. The van der Waals surface area contributed by atoms with Gasteiger partial charge < -0.3 is 15.6 Å². The molecule has 1 heterocycles. The molecule has 3 rings (SSSR count). The first-order chi connectivity index (χ1) is 13.0. The van der Waals surface area contributed by atoms with E-state index in [0.717, 1.165) is 16.8 Å². The van der Waals surface area contributed by atoms with Gasteiger partial charge >= 0.3 is 0 Å². The van der Waals surface area contributed by atoms with Crippen LogP contribution in [0.25, 0.3) is 0 Å². The Hall–Kier alpha value is -3.23. The summed E-state index contributed by atoms with van der Waals surface area (Å²) in [5.41, 5.74) is 10.5. The van der Waals surface area contributed by atoms with E-state index in [1.807, 2.05) is 43.3 Å². The van der Waals surface area contributed by atoms with Gasteiger partial charge in [-0.1, -0.05) is 41.4 Å². The quantitative estimate of drug-likeness (QED) is 0.700. The third-order valence-electron chi connectivity index (χ3n) is 4.28. The van der Waals surface area contributed by atoms with Crippen molar-refractivity contribution in [2.75, 3.05) is 11.1 Å². The highest BCUT2D eigenvalue weighted by Gasteiger charge is 2.16. The Morgan fingerprint density at radius 2 is 1.85 bits per heavy atom. The summed E-state index contributed by atoms with van der Waals surface area (Å²) in [5, 5.41) is 12.9. The van der Waals surface area contributed by atoms with Crippen LogP contribution in [0.1, 0.15) is 22.5 Å². The van der Waals surface area contributed by atoms with Gasteiger partial charge in [0.05, 0.1) is 5.69 Å². The van der Waals surface area contributed by atoms with Crippen molar-refractivity contribution in [1.82, 2.24) is 4.57 Å². The Morgan fingerprint density at radius 1 is 1.19 bits per heavy atom. The lowest BCUT2D eigenvalue weighted by Gasteiger charge is -2.12. The molecular formula is C21H19ClN4O. The Kier molecular flexibility index (Phi) is 5.49. The van der Waals surface area contributed by atoms with Crippen LogP contribution in [0.15, 0.2) is 54.6 Å². The molecule has 136 valence electrons. The number of nitrogens with zero attached hydrogens (tertiary/aromatic N) is 2. The number of rotatable bonds is 5. The predicted octanol–water partition coefficient (Wildman–Crippen LogP) is 4.13. The molecule has 6 heteroatoms. The van der Waals surface area contributed by atoms with E-state index in [1.165, 1.54) is 0 Å². The van der Waals surface area contributed by atoms with Gasteiger partial charge in [0.2, 0.25) is 5.91 Å². The highest BCUT2D eigenvalue weighted by molar-refractivity contribution is 6.30. The van der Waals surface area contributed by atoms with E-state index >= 15 is 0 Å². The third kappa shape index (κ3) is 4.49. The Labute approximate surface area is 163 Å². The fourth-order valence-electron chi connectivity index (χ4n) is 2.86. The number of benzene rings is 2. The van der Waals surface area contributed by atoms with Gasteiger partial charge in [-0.3, -0.25) is 4.79 Å². The normalized spacial score (nSPS) is 10.4. The van der Waals surface area contributed by atoms with Crippen molar-refractivity contribution in [3.05, 3.63) is 82.1 Å². The van der Waals surface area contributed by atoms with E-state index in [2.05, 4.69) is 11.4 Å². The number of nitrogen functional groups attached to an aromatic ring is 1. The third-order valence-corrected chi connectivity index (χ3v) is 4.53. The van der Waals surface area contributed by atoms with Crippen LogP contribution < -0.4 is 11.1 Å². The monoisotopic (exact) mass is 378 g/mol. The molecule has 0 aliphatic rings. The van der Waals surface area contributed by atoms with Gasteiger partial charge in [0, 0.05) is 22.8 Å². The van der Waals surface area contributed by atoms with Crippen LogP contribution in [0.2, 0.25) is 5.02 Å². The minimum absolute atomic E-state index is 0.0108. The van der Waals surface area contributed by atoms with Gasteiger partial charge in [-0.05, 0) is 42.8 Å². The summed E-state index contributed by atoms with van der Waals surface area (Å²) in [6, 6.07) is 18.7. The van der Waals surface area contributed by atoms with Crippen molar-refractivity contribution in [2.45, 2.75) is 19.9 Å². The van der Waals surface area contributed by atoms with E-state index in [-0.39, 0.29) is 12.5 Å². The highest BCUT2D eigenvalue weighted by Crippen LogP contribution is 2.23. The Morgan fingerprint density at radius 3 is 2.48 bits per heavy atom. The zero-order valence-electron chi connectivity index (χ0n) is 14.9. The van der Waals surface area contributed by atoms with Crippen LogP contribution >= 0.6 is 11.6 Å². The second kappa shape index (κ2) is 7.98. The molecule has 0 unspecified atom stereocenters. The zero-order valence-corrected chi connectivity index (χ0v) is 15.6. The van der Waals surface area contributed by atoms with Gasteiger partial charge in [-0.2, -0.15) is 5.26 Å². The number of carbonyl (C=O) groups is 1. The number of nitriles is 1. The van der Waals surface area contributed by atoms with Crippen molar-refractivity contribution < 1.29 is 4.79 Å². The first kappa shape index (κ1) is 18.6. The fourth-order valence-corrected chi connectivity index (χ4v) is 2.98. The van der Waals surface area contributed by atoms with Crippen molar-refractivity contribution in [2.24, 2.45) is 0 Å². The molecule has 3 N–H and O–H groups in total. The number of halogens is 1. The number of carbonyl (C=O) groups excluding carboxylic acids is 1. The summed E-state index contributed by atoms with van der Waals surface area (Å²) in [7, 11) is 0. The SMILES string of the molecule is Cc1ccc(NC(=O)Cn2c(C#N)cc(N)c2Cc2ccc(Cl)cc2)cc1. The standard InChI is InChI=1S/C21H19ClN4O/c1-14-2-8-17(9-3-14)25-21(27)13-26-18(12-23)11-19(24)20(26)10-15-4-6-16(22)7-5-15/h2-9,11H,10,13,24H2,1H3,(H,25,27). The van der Waals surface area contributed by atoms with E-state index in [0.29, 0.717) is 28.5 Å². The maximum Gasteiger partial charge on any atom is 0.244 e. The van der Waals surface area contributed by atoms with E-state index in [1.54, 1.807) is 22.8 Å². The second-order valence-corrected chi connectivity index (χ2v) is 6.78. The van der Waals surface area contributed by atoms with E-state index in [9.17, 15) is 10.1 Å². The molecule has 1 amide bonds. The van der Waals surface area contributed by atoms with Crippen molar-refractivity contribution in [1.29, 1.82) is 5.26 Å². The Balaban J connectivity index is 1.83. The predicted molar refractivity (Wildman–Crippen MR) is 108 cm³/mol. The molecule has 5 nitrogen and oxygen atoms in total. The van der Waals surface area contributed by atoms with Crippen molar-refractivity contribution in [3.8, 4) is 6.07 Å². The number of nitrogens with one attached hydrogen (secondary N) is 1. The minimum Gasteiger partial charge on any atom is -0.397 e. The van der Waals surface area contributed by atoms with Crippen LogP contribution in [-0.2, 0) is 17.8 Å². The summed E-state index contributed by atoms with van der Waals surface area (Å²) >= 11 is 5.93. The lowest BCUT2D eigenvalue weighted by Crippen LogP contribution is -2.21. The topological polar surface area (TPSA) is 83.8 Å². The summed E-state index contributed by atoms with van der Waals surface area (Å²) in [4.78, 5) is 12.5. The largest absolute Gasteiger partial charge is 0.397 e. The van der Waals surface area contributed by atoms with Gasteiger partial charge in [0.15, 0.2) is 0 Å². The maximum absolute atomic E-state index is 12.5. The molecule has 0 fully saturated rings. The first-order valence-corrected chi connectivity index (χ1v) is 8.83. The molecule has 0 saturated heterocycles. The van der Waals surface area contributed by atoms with Crippen LogP contribution in [0.5, 0.6) is 0 Å². The molecule has 27 heavy (non-hydrogen) atoms. The molecular weight excluding hydrogens is 360 g/mol. The number of amides is 1. The number of aryl methyl sites for hydroxylation is 1. The minimum atomic E-state index is -0.219. The molecule has 0 bridgehead atoms. The second-order valence-electron chi connectivity index (χ2n) is 6.35. The fraction of sp³-hybridized carbons (Fsp3) is 0.143. The molecule has 0 saturated carbocycles. The Bertz CT molecular complexity index is 998. The molecule has 0 atom stereocenters. The number of hydrogen-bond donors (Lipinski definition) is 2. The summed E-state index contributed by atoms with van der Waals surface area (Å²) in [5.74, 6) is -0.219. The summed E-state index contributed by atoms with van der Waals surface area (Å²) < 4.78 is 1.66. The molecule has 1 aromatic heterocycles. The smallest absolute Gasteiger partial charge is 0.244 e. The van der Waals surface area contributed by atoms with Crippen LogP contribution in [0.3, 0.4) is 0 Å². The number of hydrogen-bond acceptors (Lipinski definition) is 3. The van der Waals surface area contributed by atoms with Crippen molar-refractivity contribution in [3.63, 3.8) is 0 Å². The highest BCUT2D eigenvalue weighted by atomic mass is 35.5. The van der Waals surface area contributed by atoms with Crippen molar-refractivity contribution >= 4 is 28.9 Å². The average Bonchev–Trinajstić information content (AvgIpc) is 2.94. The van der Waals surface area contributed by atoms with Crippen LogP contribution in [-0.4, -0.2) is 10.5 Å². The van der Waals surface area contributed by atoms with E-state index in [4.69, 9.17) is 17.3 Å². The van der Waals surface area contributed by atoms with E-state index < -0.39 is 0 Å². The number of nitrogens with two attached hydrogens (primary N) is 1. The molecule has 3 aromatic rings. The van der Waals surface area contributed by atoms with Crippen LogP contribution in [0.4, 0.5) is 11.4 Å². The molecule has 2 aromatic carbocycles. The first-order valence-electron chi connectivity index (χ1n) is 8.45. The van der Waals surface area contributed by atoms with Gasteiger partial charge in [0.25, 0.3) is 0 Å². The van der Waals surface area contributed by atoms with Gasteiger partial charge in [-0.25, -0.2) is 0 Å². The lowest BCUT2D eigenvalue weighted by molar-refractivity contribution is -0.116. The van der Waals surface area contributed by atoms with Gasteiger partial charge in [-0.15, -0.1) is 0 Å². The number of anilines is 2. The molecule has 0 aliphatic heterocycles.